The predicted octanol–water partition coefficient (Wildman–Crippen LogP) is 14.3. The fourth-order valence-electron chi connectivity index (χ4n) is 10.2. The molecular weight excluding hydrogens is 689 g/mol. The molecule has 9 aromatic carbocycles. The maximum Gasteiger partial charge on any atom is 0.0726 e. The molecule has 1 heterocycles. The molecule has 2 heteroatoms. The Kier molecular flexibility index (Phi) is 6.88. The third-order valence-electron chi connectivity index (χ3n) is 12.4. The molecule has 0 bridgehead atoms. The van der Waals surface area contributed by atoms with Gasteiger partial charge in [-0.15, -0.1) is 0 Å². The lowest BCUT2D eigenvalue weighted by molar-refractivity contribution is 0.794. The highest BCUT2D eigenvalue weighted by molar-refractivity contribution is 6.16. The third kappa shape index (κ3) is 4.41. The van der Waals surface area contributed by atoms with Crippen LogP contribution in [0.5, 0.6) is 0 Å². The molecule has 0 fully saturated rings. The summed E-state index contributed by atoms with van der Waals surface area (Å²) in [6.45, 7) is 0. The zero-order chi connectivity index (χ0) is 37.5. The second-order valence-corrected chi connectivity index (χ2v) is 15.2. The van der Waals surface area contributed by atoms with Crippen LogP contribution in [0.4, 0.5) is 17.1 Å². The SMILES string of the molecule is c1ccc(-c2cccc3c2c2ccc(N(c4ccccc4)c4cccc5c4-c4ccccc4C54c5ccccc5-c5ccccc54)cc2n3-c2ccccc2)cc1. The molecule has 266 valence electrons. The van der Waals surface area contributed by atoms with Gasteiger partial charge in [0.15, 0.2) is 0 Å². The summed E-state index contributed by atoms with van der Waals surface area (Å²) in [5.41, 5.74) is 19.5. The summed E-state index contributed by atoms with van der Waals surface area (Å²) < 4.78 is 2.44. The van der Waals surface area contributed by atoms with Gasteiger partial charge in [0.2, 0.25) is 0 Å². The van der Waals surface area contributed by atoms with E-state index in [9.17, 15) is 0 Å². The average Bonchev–Trinajstić information content (AvgIpc) is 3.89. The van der Waals surface area contributed by atoms with Crippen LogP contribution in [0.25, 0.3) is 60.9 Å². The number of anilines is 3. The molecule has 10 aromatic rings. The summed E-state index contributed by atoms with van der Waals surface area (Å²) in [6.07, 6.45) is 0. The number of fused-ring (bicyclic) bond motifs is 13. The van der Waals surface area contributed by atoms with Crippen molar-refractivity contribution >= 4 is 38.9 Å². The summed E-state index contributed by atoms with van der Waals surface area (Å²) >= 11 is 0. The van der Waals surface area contributed by atoms with Gasteiger partial charge in [0.25, 0.3) is 0 Å². The summed E-state index contributed by atoms with van der Waals surface area (Å²) in [5.74, 6) is 0. The molecule has 0 saturated carbocycles. The minimum absolute atomic E-state index is 0.422. The molecule has 0 unspecified atom stereocenters. The van der Waals surface area contributed by atoms with Gasteiger partial charge in [0.1, 0.15) is 0 Å². The zero-order valence-corrected chi connectivity index (χ0v) is 31.2. The van der Waals surface area contributed by atoms with Crippen LogP contribution in [-0.2, 0) is 5.41 Å². The molecular formula is C55H36N2. The minimum atomic E-state index is -0.422. The van der Waals surface area contributed by atoms with Gasteiger partial charge in [-0.1, -0.05) is 170 Å². The van der Waals surface area contributed by atoms with Crippen LogP contribution in [0.2, 0.25) is 0 Å². The first kappa shape index (κ1) is 31.9. The van der Waals surface area contributed by atoms with Gasteiger partial charge in [-0.25, -0.2) is 0 Å². The number of aromatic nitrogens is 1. The molecule has 2 aliphatic carbocycles. The van der Waals surface area contributed by atoms with E-state index in [1.54, 1.807) is 0 Å². The number of hydrogen-bond donors (Lipinski definition) is 0. The predicted molar refractivity (Wildman–Crippen MR) is 237 cm³/mol. The first-order valence-corrected chi connectivity index (χ1v) is 19.8. The highest BCUT2D eigenvalue weighted by Gasteiger charge is 2.52. The normalized spacial score (nSPS) is 13.1. The smallest absolute Gasteiger partial charge is 0.0726 e. The van der Waals surface area contributed by atoms with Gasteiger partial charge < -0.3 is 9.47 Å². The molecule has 0 aliphatic heterocycles. The van der Waals surface area contributed by atoms with Crippen LogP contribution < -0.4 is 4.90 Å². The maximum atomic E-state index is 2.48. The van der Waals surface area contributed by atoms with Crippen molar-refractivity contribution in [2.45, 2.75) is 5.41 Å². The van der Waals surface area contributed by atoms with Crippen LogP contribution in [0, 0.1) is 0 Å². The quantitative estimate of drug-likeness (QED) is 0.172. The van der Waals surface area contributed by atoms with Gasteiger partial charge in [-0.2, -0.15) is 0 Å². The highest BCUT2D eigenvalue weighted by Crippen LogP contribution is 2.64. The van der Waals surface area contributed by atoms with E-state index in [4.69, 9.17) is 0 Å². The summed E-state index contributed by atoms with van der Waals surface area (Å²) in [5, 5.41) is 2.49. The molecule has 1 aromatic heterocycles. The topological polar surface area (TPSA) is 8.17 Å². The van der Waals surface area contributed by atoms with Crippen molar-refractivity contribution in [1.82, 2.24) is 4.57 Å². The van der Waals surface area contributed by atoms with Crippen molar-refractivity contribution in [2.75, 3.05) is 4.90 Å². The van der Waals surface area contributed by atoms with E-state index >= 15 is 0 Å². The minimum Gasteiger partial charge on any atom is -0.310 e. The number of rotatable bonds is 5. The van der Waals surface area contributed by atoms with E-state index in [0.717, 1.165) is 22.7 Å². The van der Waals surface area contributed by atoms with Crippen LogP contribution in [0.15, 0.2) is 218 Å². The van der Waals surface area contributed by atoms with Crippen LogP contribution in [0.3, 0.4) is 0 Å². The van der Waals surface area contributed by atoms with Crippen molar-refractivity contribution in [1.29, 1.82) is 0 Å². The Morgan fingerprint density at radius 3 is 1.61 bits per heavy atom. The Bertz CT molecular complexity index is 3130. The molecule has 0 saturated heterocycles. The van der Waals surface area contributed by atoms with E-state index in [1.807, 2.05) is 0 Å². The van der Waals surface area contributed by atoms with Crippen LogP contribution in [0.1, 0.15) is 22.3 Å². The van der Waals surface area contributed by atoms with Crippen LogP contribution >= 0.6 is 0 Å². The second kappa shape index (κ2) is 12.3. The second-order valence-electron chi connectivity index (χ2n) is 15.2. The van der Waals surface area contributed by atoms with Gasteiger partial charge in [0, 0.05) is 33.4 Å². The molecule has 0 amide bonds. The maximum absolute atomic E-state index is 2.48. The first-order chi connectivity index (χ1) is 28.3. The van der Waals surface area contributed by atoms with E-state index in [1.165, 1.54) is 77.4 Å². The number of hydrogen-bond acceptors (Lipinski definition) is 1. The molecule has 12 rings (SSSR count). The fourth-order valence-corrected chi connectivity index (χ4v) is 10.2. The largest absolute Gasteiger partial charge is 0.310 e. The Morgan fingerprint density at radius 1 is 0.368 bits per heavy atom. The standard InChI is InChI=1S/C55H36N2/c1-4-18-37(19-5-1)41-27-16-32-50-53(41)45-35-34-40(36-52(45)57(50)39-22-8-3-9-23-39)56(38-20-6-2-7-21-38)51-33-17-31-49-54(51)44-26-12-15-30-48(44)55(49)46-28-13-10-24-42(46)43-25-11-14-29-47(43)55/h1-36H. The number of benzene rings is 9. The van der Waals surface area contributed by atoms with E-state index in [2.05, 4.69) is 228 Å². The van der Waals surface area contributed by atoms with Crippen molar-refractivity contribution in [3.8, 4) is 39.1 Å². The lowest BCUT2D eigenvalue weighted by Gasteiger charge is -2.31. The highest BCUT2D eigenvalue weighted by atomic mass is 15.1. The third-order valence-corrected chi connectivity index (χ3v) is 12.4. The molecule has 0 radical (unpaired) electrons. The van der Waals surface area contributed by atoms with E-state index < -0.39 is 5.41 Å². The average molecular weight is 725 g/mol. The van der Waals surface area contributed by atoms with Crippen LogP contribution in [-0.4, -0.2) is 4.57 Å². The van der Waals surface area contributed by atoms with Gasteiger partial charge in [-0.05, 0) is 98.6 Å². The monoisotopic (exact) mass is 724 g/mol. The van der Waals surface area contributed by atoms with Crippen molar-refractivity contribution in [2.24, 2.45) is 0 Å². The number of nitrogens with zero attached hydrogens (tertiary/aromatic N) is 2. The molecule has 57 heavy (non-hydrogen) atoms. The van der Waals surface area contributed by atoms with E-state index in [-0.39, 0.29) is 0 Å². The summed E-state index contributed by atoms with van der Waals surface area (Å²) in [4.78, 5) is 2.48. The molecule has 1 spiro atoms. The summed E-state index contributed by atoms with van der Waals surface area (Å²) in [7, 11) is 0. The zero-order valence-electron chi connectivity index (χ0n) is 31.2. The van der Waals surface area contributed by atoms with Gasteiger partial charge in [-0.3, -0.25) is 0 Å². The van der Waals surface area contributed by atoms with Crippen molar-refractivity contribution in [3.05, 3.63) is 241 Å². The fraction of sp³-hybridized carbons (Fsp3) is 0.0182. The van der Waals surface area contributed by atoms with Gasteiger partial charge in [0.05, 0.1) is 22.1 Å². The first-order valence-electron chi connectivity index (χ1n) is 19.8. The molecule has 2 aliphatic rings. The molecule has 0 atom stereocenters. The molecule has 2 nitrogen and oxygen atoms in total. The summed E-state index contributed by atoms with van der Waals surface area (Å²) in [6, 6.07) is 80.4. The molecule has 0 N–H and O–H groups in total. The lowest BCUT2D eigenvalue weighted by Crippen LogP contribution is -2.26. The van der Waals surface area contributed by atoms with Crippen molar-refractivity contribution in [3.63, 3.8) is 0 Å². The Labute approximate surface area is 332 Å². The van der Waals surface area contributed by atoms with Gasteiger partial charge >= 0.3 is 0 Å². The number of para-hydroxylation sites is 2. The van der Waals surface area contributed by atoms with Crippen molar-refractivity contribution < 1.29 is 0 Å². The Hall–Kier alpha value is -7.42. The lowest BCUT2D eigenvalue weighted by atomic mass is 9.70. The Morgan fingerprint density at radius 2 is 0.912 bits per heavy atom. The van der Waals surface area contributed by atoms with E-state index in [0.29, 0.717) is 0 Å². The Balaban J connectivity index is 1.16.